The Morgan fingerprint density at radius 3 is 2.12 bits per heavy atom. The molecule has 2 N–H and O–H groups in total. The zero-order valence-electron chi connectivity index (χ0n) is 12.7. The van der Waals surface area contributed by atoms with Crippen LogP contribution in [0.2, 0.25) is 10.0 Å². The van der Waals surface area contributed by atoms with Gasteiger partial charge in [-0.05, 0) is 24.1 Å². The first-order valence-electron chi connectivity index (χ1n) is 6.81. The Bertz CT molecular complexity index is 626. The minimum Gasteiger partial charge on any atom is -0.379 e. The van der Waals surface area contributed by atoms with Crippen molar-refractivity contribution in [2.75, 3.05) is 5.32 Å². The summed E-state index contributed by atoms with van der Waals surface area (Å²) in [5.41, 5.74) is 0.347. The molecule has 0 saturated heterocycles. The Kier molecular flexibility index (Phi) is 7.10. The van der Waals surface area contributed by atoms with Gasteiger partial charge in [-0.15, -0.1) is 0 Å². The number of amides is 1. The number of benzene rings is 1. The van der Waals surface area contributed by atoms with Crippen molar-refractivity contribution in [3.8, 4) is 0 Å². The van der Waals surface area contributed by atoms with Crippen molar-refractivity contribution in [1.29, 1.82) is 0 Å². The normalized spacial score (nSPS) is 13.2. The van der Waals surface area contributed by atoms with E-state index in [2.05, 4.69) is 10.6 Å². The molecule has 1 atom stereocenters. The van der Waals surface area contributed by atoms with Crippen molar-refractivity contribution >= 4 is 40.6 Å². The van der Waals surface area contributed by atoms with Crippen LogP contribution in [0.25, 0.3) is 0 Å². The number of nitrogens with one attached hydrogen (secondary N) is 2. The van der Waals surface area contributed by atoms with Crippen molar-refractivity contribution < 1.29 is 22.8 Å². The van der Waals surface area contributed by atoms with E-state index in [1.807, 2.05) is 0 Å². The Hall–Kier alpha value is -1.73. The third kappa shape index (κ3) is 6.41. The number of ketones is 1. The van der Waals surface area contributed by atoms with Gasteiger partial charge in [-0.25, -0.2) is 0 Å². The van der Waals surface area contributed by atoms with E-state index < -0.39 is 23.9 Å². The molecular formula is C15H15Cl2F3N2O2. The number of carbonyl (C=O) groups excluding carboxylic acids is 2. The molecule has 0 spiro atoms. The van der Waals surface area contributed by atoms with Gasteiger partial charge in [0.2, 0.25) is 5.91 Å². The van der Waals surface area contributed by atoms with Crippen molar-refractivity contribution in [3.05, 3.63) is 40.5 Å². The van der Waals surface area contributed by atoms with E-state index in [1.165, 1.54) is 18.2 Å². The van der Waals surface area contributed by atoms with Gasteiger partial charge in [-0.3, -0.25) is 9.59 Å². The van der Waals surface area contributed by atoms with Gasteiger partial charge in [0.25, 0.3) is 5.78 Å². The molecule has 0 aromatic heterocycles. The Morgan fingerprint density at radius 1 is 1.12 bits per heavy atom. The predicted molar refractivity (Wildman–Crippen MR) is 87.1 cm³/mol. The van der Waals surface area contributed by atoms with Gasteiger partial charge in [0.15, 0.2) is 0 Å². The van der Waals surface area contributed by atoms with Crippen molar-refractivity contribution in [2.45, 2.75) is 26.1 Å². The van der Waals surface area contributed by atoms with Gasteiger partial charge in [0.05, 0.1) is 0 Å². The first-order valence-corrected chi connectivity index (χ1v) is 7.57. The van der Waals surface area contributed by atoms with Gasteiger partial charge in [-0.2, -0.15) is 13.2 Å². The topological polar surface area (TPSA) is 58.2 Å². The number of rotatable bonds is 6. The van der Waals surface area contributed by atoms with E-state index in [0.717, 1.165) is 6.20 Å². The van der Waals surface area contributed by atoms with E-state index in [1.54, 1.807) is 13.8 Å². The molecule has 0 aliphatic carbocycles. The highest BCUT2D eigenvalue weighted by atomic mass is 35.5. The standard InChI is InChI=1S/C15H15Cl2F3N2O2/c1-8(2)13(21-4-3-12(23)15(18,19)20)14(24)22-11-6-9(16)5-10(17)7-11/h3-8,13,21H,1-2H3,(H,22,24). The van der Waals surface area contributed by atoms with Gasteiger partial charge >= 0.3 is 6.18 Å². The van der Waals surface area contributed by atoms with E-state index in [0.29, 0.717) is 21.8 Å². The molecule has 24 heavy (non-hydrogen) atoms. The van der Waals surface area contributed by atoms with Gasteiger partial charge < -0.3 is 10.6 Å². The second-order valence-electron chi connectivity index (χ2n) is 5.23. The van der Waals surface area contributed by atoms with Crippen LogP contribution in [-0.2, 0) is 9.59 Å². The summed E-state index contributed by atoms with van der Waals surface area (Å²) in [6.07, 6.45) is -3.81. The number of allylic oxidation sites excluding steroid dienone is 1. The molecule has 9 heteroatoms. The molecule has 0 bridgehead atoms. The van der Waals surface area contributed by atoms with E-state index in [-0.39, 0.29) is 5.92 Å². The summed E-state index contributed by atoms with van der Waals surface area (Å²) >= 11 is 11.7. The summed E-state index contributed by atoms with van der Waals surface area (Å²) in [6, 6.07) is 3.58. The maximum atomic E-state index is 12.2. The highest BCUT2D eigenvalue weighted by molar-refractivity contribution is 6.35. The maximum Gasteiger partial charge on any atom is 0.454 e. The summed E-state index contributed by atoms with van der Waals surface area (Å²) in [4.78, 5) is 23.0. The molecule has 0 aliphatic heterocycles. The Labute approximate surface area is 147 Å². The SMILES string of the molecule is CC(C)C(NC=CC(=O)C(F)(F)F)C(=O)Nc1cc(Cl)cc(Cl)c1. The third-order valence-corrected chi connectivity index (χ3v) is 3.31. The van der Waals surface area contributed by atoms with Crippen molar-refractivity contribution in [2.24, 2.45) is 5.92 Å². The average molecular weight is 383 g/mol. The minimum absolute atomic E-state index is 0.259. The molecular weight excluding hydrogens is 368 g/mol. The molecule has 0 heterocycles. The Morgan fingerprint density at radius 2 is 1.67 bits per heavy atom. The highest BCUT2D eigenvalue weighted by Crippen LogP contribution is 2.23. The fourth-order valence-electron chi connectivity index (χ4n) is 1.74. The second-order valence-corrected chi connectivity index (χ2v) is 6.10. The van der Waals surface area contributed by atoms with Gasteiger partial charge in [0.1, 0.15) is 6.04 Å². The summed E-state index contributed by atoms with van der Waals surface area (Å²) in [7, 11) is 0. The lowest BCUT2D eigenvalue weighted by molar-refractivity contribution is -0.165. The molecule has 0 radical (unpaired) electrons. The summed E-state index contributed by atoms with van der Waals surface area (Å²) in [6.45, 7) is 3.39. The van der Waals surface area contributed by atoms with Crippen LogP contribution in [0.15, 0.2) is 30.5 Å². The first-order chi connectivity index (χ1) is 11.0. The van der Waals surface area contributed by atoms with E-state index >= 15 is 0 Å². The van der Waals surface area contributed by atoms with Crippen LogP contribution in [0.1, 0.15) is 13.8 Å². The average Bonchev–Trinajstić information content (AvgIpc) is 2.40. The Balaban J connectivity index is 2.79. The number of hydrogen-bond donors (Lipinski definition) is 2. The molecule has 1 aromatic carbocycles. The van der Waals surface area contributed by atoms with Crippen LogP contribution in [0.5, 0.6) is 0 Å². The third-order valence-electron chi connectivity index (χ3n) is 2.87. The van der Waals surface area contributed by atoms with Crippen LogP contribution in [0.4, 0.5) is 18.9 Å². The summed E-state index contributed by atoms with van der Waals surface area (Å²) in [5, 5.41) is 5.70. The fourth-order valence-corrected chi connectivity index (χ4v) is 2.26. The van der Waals surface area contributed by atoms with E-state index in [9.17, 15) is 22.8 Å². The van der Waals surface area contributed by atoms with Gasteiger partial charge in [0, 0.05) is 28.0 Å². The van der Waals surface area contributed by atoms with Crippen LogP contribution in [0, 0.1) is 5.92 Å². The molecule has 1 amide bonds. The van der Waals surface area contributed by atoms with Crippen molar-refractivity contribution in [1.82, 2.24) is 5.32 Å². The lowest BCUT2D eigenvalue weighted by atomic mass is 10.0. The number of alkyl halides is 3. The molecule has 4 nitrogen and oxygen atoms in total. The van der Waals surface area contributed by atoms with E-state index in [4.69, 9.17) is 23.2 Å². The molecule has 132 valence electrons. The number of hydrogen-bond acceptors (Lipinski definition) is 3. The predicted octanol–water partition coefficient (Wildman–Crippen LogP) is 4.19. The second kappa shape index (κ2) is 8.39. The smallest absolute Gasteiger partial charge is 0.379 e. The summed E-state index contributed by atoms with van der Waals surface area (Å²) < 4.78 is 36.4. The van der Waals surface area contributed by atoms with Crippen molar-refractivity contribution in [3.63, 3.8) is 0 Å². The van der Waals surface area contributed by atoms with Crippen LogP contribution in [-0.4, -0.2) is 23.9 Å². The monoisotopic (exact) mass is 382 g/mol. The molecule has 0 aliphatic rings. The minimum atomic E-state index is -4.95. The lowest BCUT2D eigenvalue weighted by Gasteiger charge is -2.20. The largest absolute Gasteiger partial charge is 0.454 e. The molecule has 0 fully saturated rings. The number of carbonyl (C=O) groups is 2. The van der Waals surface area contributed by atoms with Crippen LogP contribution >= 0.6 is 23.2 Å². The maximum absolute atomic E-state index is 12.2. The molecule has 1 aromatic rings. The zero-order chi connectivity index (χ0) is 18.5. The van der Waals surface area contributed by atoms with Crippen LogP contribution < -0.4 is 10.6 Å². The lowest BCUT2D eigenvalue weighted by Crippen LogP contribution is -2.42. The summed E-state index contributed by atoms with van der Waals surface area (Å²) in [5.74, 6) is -2.78. The molecule has 0 saturated carbocycles. The zero-order valence-corrected chi connectivity index (χ0v) is 14.3. The fraction of sp³-hybridized carbons (Fsp3) is 0.333. The number of halogens is 5. The first kappa shape index (κ1) is 20.3. The molecule has 1 unspecified atom stereocenters. The quantitative estimate of drug-likeness (QED) is 0.725. The highest BCUT2D eigenvalue weighted by Gasteiger charge is 2.36. The van der Waals surface area contributed by atoms with Crippen LogP contribution in [0.3, 0.4) is 0 Å². The molecule has 1 rings (SSSR count). The number of anilines is 1. The van der Waals surface area contributed by atoms with Gasteiger partial charge in [-0.1, -0.05) is 37.0 Å².